The van der Waals surface area contributed by atoms with Crippen molar-refractivity contribution in [1.82, 2.24) is 4.90 Å². The van der Waals surface area contributed by atoms with Gasteiger partial charge in [0.1, 0.15) is 0 Å². The first-order chi connectivity index (χ1) is 9.61. The zero-order valence-corrected chi connectivity index (χ0v) is 13.4. The fourth-order valence-corrected chi connectivity index (χ4v) is 2.45. The molecule has 3 heteroatoms. The van der Waals surface area contributed by atoms with Crippen LogP contribution in [0.25, 0.3) is 0 Å². The number of benzene rings is 2. The lowest BCUT2D eigenvalue weighted by Crippen LogP contribution is -2.26. The Morgan fingerprint density at radius 1 is 1.10 bits per heavy atom. The van der Waals surface area contributed by atoms with Gasteiger partial charge in [-0.25, -0.2) is 0 Å². The van der Waals surface area contributed by atoms with Crippen molar-refractivity contribution in [2.45, 2.75) is 18.8 Å². The van der Waals surface area contributed by atoms with E-state index in [1.807, 2.05) is 43.4 Å². The number of nitrogens with zero attached hydrogens (tertiary/aromatic N) is 1. The Kier molecular flexibility index (Phi) is 4.96. The summed E-state index contributed by atoms with van der Waals surface area (Å²) in [4.78, 5) is 14.1. The Balaban J connectivity index is 2.10. The predicted molar refractivity (Wildman–Crippen MR) is 86.0 cm³/mol. The second-order valence-electron chi connectivity index (χ2n) is 4.92. The molecule has 0 aliphatic carbocycles. The molecule has 0 saturated heterocycles. The quantitative estimate of drug-likeness (QED) is 0.770. The number of hydrogen-bond donors (Lipinski definition) is 0. The van der Waals surface area contributed by atoms with Gasteiger partial charge in [-0.3, -0.25) is 4.79 Å². The molecule has 0 atom stereocenters. The van der Waals surface area contributed by atoms with Gasteiger partial charge in [0.15, 0.2) is 0 Å². The van der Waals surface area contributed by atoms with Crippen molar-refractivity contribution < 1.29 is 4.79 Å². The summed E-state index contributed by atoms with van der Waals surface area (Å²) in [7, 11) is 1.84. The minimum Gasteiger partial charge on any atom is -0.337 e. The molecule has 0 unspecified atom stereocenters. The van der Waals surface area contributed by atoms with Crippen molar-refractivity contribution in [2.24, 2.45) is 0 Å². The molecule has 0 heterocycles. The van der Waals surface area contributed by atoms with E-state index in [0.29, 0.717) is 6.54 Å². The summed E-state index contributed by atoms with van der Waals surface area (Å²) >= 11 is 3.40. The molecule has 20 heavy (non-hydrogen) atoms. The Labute approximate surface area is 128 Å². The Morgan fingerprint density at radius 3 is 2.35 bits per heavy atom. The van der Waals surface area contributed by atoms with Gasteiger partial charge in [0.25, 0.3) is 5.91 Å². The molecule has 104 valence electrons. The summed E-state index contributed by atoms with van der Waals surface area (Å²) in [5.74, 6) is 0.0503. The monoisotopic (exact) mass is 331 g/mol. The van der Waals surface area contributed by atoms with Crippen molar-refractivity contribution in [3.8, 4) is 0 Å². The van der Waals surface area contributed by atoms with Crippen LogP contribution in [0.15, 0.2) is 48.5 Å². The molecule has 1 amide bonds. The second-order valence-corrected chi connectivity index (χ2v) is 5.48. The highest BCUT2D eigenvalue weighted by molar-refractivity contribution is 9.08. The van der Waals surface area contributed by atoms with Crippen LogP contribution in [0.2, 0.25) is 0 Å². The standard InChI is InChI=1S/C17H18BrNO/c1-13-5-3-4-6-16(13)12-19(2)17(20)15-9-7-14(11-18)8-10-15/h3-10H,11-12H2,1-2H3. The van der Waals surface area contributed by atoms with Gasteiger partial charge >= 0.3 is 0 Å². The van der Waals surface area contributed by atoms with E-state index in [0.717, 1.165) is 10.9 Å². The summed E-state index contributed by atoms with van der Waals surface area (Å²) in [6, 6.07) is 15.9. The van der Waals surface area contributed by atoms with Crippen LogP contribution in [-0.4, -0.2) is 17.9 Å². The summed E-state index contributed by atoms with van der Waals surface area (Å²) < 4.78 is 0. The molecule has 2 aromatic carbocycles. The third kappa shape index (κ3) is 3.48. The first-order valence-electron chi connectivity index (χ1n) is 6.56. The minimum absolute atomic E-state index is 0.0503. The molecule has 0 aromatic heterocycles. The highest BCUT2D eigenvalue weighted by Crippen LogP contribution is 2.13. The van der Waals surface area contributed by atoms with Crippen LogP contribution in [0.1, 0.15) is 27.0 Å². The zero-order valence-electron chi connectivity index (χ0n) is 11.8. The van der Waals surface area contributed by atoms with Gasteiger partial charge in [0, 0.05) is 24.5 Å². The van der Waals surface area contributed by atoms with E-state index >= 15 is 0 Å². The molecule has 0 spiro atoms. The van der Waals surface area contributed by atoms with E-state index in [1.54, 1.807) is 4.90 Å². The Hall–Kier alpha value is -1.61. The second kappa shape index (κ2) is 6.71. The van der Waals surface area contributed by atoms with Crippen molar-refractivity contribution in [2.75, 3.05) is 7.05 Å². The van der Waals surface area contributed by atoms with Crippen molar-refractivity contribution in [3.05, 3.63) is 70.8 Å². The van der Waals surface area contributed by atoms with Crippen molar-refractivity contribution in [1.29, 1.82) is 0 Å². The number of aryl methyl sites for hydroxylation is 1. The third-order valence-electron chi connectivity index (χ3n) is 3.37. The van der Waals surface area contributed by atoms with Crippen LogP contribution in [0.4, 0.5) is 0 Å². The van der Waals surface area contributed by atoms with Crippen LogP contribution in [-0.2, 0) is 11.9 Å². The fourth-order valence-electron chi connectivity index (χ4n) is 2.07. The number of rotatable bonds is 4. The van der Waals surface area contributed by atoms with Crippen LogP contribution in [0.3, 0.4) is 0 Å². The number of halogens is 1. The number of alkyl halides is 1. The van der Waals surface area contributed by atoms with Gasteiger partial charge in [0.05, 0.1) is 0 Å². The first-order valence-corrected chi connectivity index (χ1v) is 7.69. The molecular weight excluding hydrogens is 314 g/mol. The molecule has 0 saturated carbocycles. The highest BCUT2D eigenvalue weighted by Gasteiger charge is 2.12. The lowest BCUT2D eigenvalue weighted by molar-refractivity contribution is 0.0785. The number of carbonyl (C=O) groups is 1. The maximum Gasteiger partial charge on any atom is 0.253 e. The van der Waals surface area contributed by atoms with Crippen molar-refractivity contribution in [3.63, 3.8) is 0 Å². The maximum absolute atomic E-state index is 12.4. The molecule has 0 bridgehead atoms. The smallest absolute Gasteiger partial charge is 0.253 e. The lowest BCUT2D eigenvalue weighted by atomic mass is 10.1. The Morgan fingerprint density at radius 2 is 1.75 bits per heavy atom. The van der Waals surface area contributed by atoms with E-state index in [9.17, 15) is 4.79 Å². The molecule has 0 radical (unpaired) electrons. The lowest BCUT2D eigenvalue weighted by Gasteiger charge is -2.18. The van der Waals surface area contributed by atoms with E-state index in [2.05, 4.69) is 35.0 Å². The van der Waals surface area contributed by atoms with E-state index in [-0.39, 0.29) is 5.91 Å². The normalized spacial score (nSPS) is 10.3. The number of carbonyl (C=O) groups excluding carboxylic acids is 1. The van der Waals surface area contributed by atoms with Gasteiger partial charge in [-0.2, -0.15) is 0 Å². The number of hydrogen-bond acceptors (Lipinski definition) is 1. The molecule has 0 N–H and O–H groups in total. The van der Waals surface area contributed by atoms with Crippen LogP contribution in [0, 0.1) is 6.92 Å². The van der Waals surface area contributed by atoms with Crippen LogP contribution >= 0.6 is 15.9 Å². The molecular formula is C17H18BrNO. The molecule has 2 nitrogen and oxygen atoms in total. The van der Waals surface area contributed by atoms with E-state index < -0.39 is 0 Å². The van der Waals surface area contributed by atoms with Crippen LogP contribution in [0.5, 0.6) is 0 Å². The highest BCUT2D eigenvalue weighted by atomic mass is 79.9. The first kappa shape index (κ1) is 14.8. The maximum atomic E-state index is 12.4. The molecule has 2 aromatic rings. The summed E-state index contributed by atoms with van der Waals surface area (Å²) in [5.41, 5.74) is 4.29. The zero-order chi connectivity index (χ0) is 14.5. The predicted octanol–water partition coefficient (Wildman–Crippen LogP) is 4.16. The summed E-state index contributed by atoms with van der Waals surface area (Å²) in [6.07, 6.45) is 0. The van der Waals surface area contributed by atoms with Crippen LogP contribution < -0.4 is 0 Å². The van der Waals surface area contributed by atoms with E-state index in [1.165, 1.54) is 16.7 Å². The van der Waals surface area contributed by atoms with Gasteiger partial charge in [-0.05, 0) is 35.7 Å². The average molecular weight is 332 g/mol. The summed E-state index contributed by atoms with van der Waals surface area (Å²) in [6.45, 7) is 2.70. The largest absolute Gasteiger partial charge is 0.337 e. The molecule has 0 aliphatic rings. The third-order valence-corrected chi connectivity index (χ3v) is 4.02. The molecule has 2 rings (SSSR count). The minimum atomic E-state index is 0.0503. The average Bonchev–Trinajstić information content (AvgIpc) is 2.49. The topological polar surface area (TPSA) is 20.3 Å². The fraction of sp³-hybridized carbons (Fsp3) is 0.235. The van der Waals surface area contributed by atoms with Crippen molar-refractivity contribution >= 4 is 21.8 Å². The molecule has 0 fully saturated rings. The summed E-state index contributed by atoms with van der Waals surface area (Å²) in [5, 5.41) is 0.806. The van der Waals surface area contributed by atoms with Gasteiger partial charge in [-0.1, -0.05) is 52.3 Å². The van der Waals surface area contributed by atoms with Gasteiger partial charge in [-0.15, -0.1) is 0 Å². The molecule has 0 aliphatic heterocycles. The van der Waals surface area contributed by atoms with E-state index in [4.69, 9.17) is 0 Å². The number of amides is 1. The van der Waals surface area contributed by atoms with Gasteiger partial charge < -0.3 is 4.90 Å². The SMILES string of the molecule is Cc1ccccc1CN(C)C(=O)c1ccc(CBr)cc1. The van der Waals surface area contributed by atoms with Gasteiger partial charge in [0.2, 0.25) is 0 Å². The Bertz CT molecular complexity index is 592.